The van der Waals surface area contributed by atoms with Gasteiger partial charge in [-0.15, -0.1) is 0 Å². The molecule has 1 heterocycles. The summed E-state index contributed by atoms with van der Waals surface area (Å²) in [6, 6.07) is 6.27. The van der Waals surface area contributed by atoms with Gasteiger partial charge in [-0.25, -0.2) is 4.98 Å². The summed E-state index contributed by atoms with van der Waals surface area (Å²) in [5.41, 5.74) is 3.55. The van der Waals surface area contributed by atoms with Gasteiger partial charge in [0.15, 0.2) is 0 Å². The largest absolute Gasteiger partial charge is 0.359 e. The average Bonchev–Trinajstić information content (AvgIpc) is 2.57. The van der Waals surface area contributed by atoms with E-state index < -0.39 is 0 Å². The average molecular weight is 203 g/mol. The van der Waals surface area contributed by atoms with E-state index >= 15 is 0 Å². The normalized spacial score (nSPS) is 12.0. The number of aromatic nitrogens is 2. The second-order valence-corrected chi connectivity index (χ2v) is 4.79. The smallest absolute Gasteiger partial charge is 0.200 e. The van der Waals surface area contributed by atoms with E-state index in [4.69, 9.17) is 0 Å². The summed E-state index contributed by atoms with van der Waals surface area (Å²) in [6.45, 7) is 6.61. The van der Waals surface area contributed by atoms with Gasteiger partial charge in [-0.2, -0.15) is 0 Å². The van der Waals surface area contributed by atoms with Crippen molar-refractivity contribution < 1.29 is 0 Å². The molecule has 0 aliphatic carbocycles. The van der Waals surface area contributed by atoms with Crippen LogP contribution in [0.15, 0.2) is 18.2 Å². The van der Waals surface area contributed by atoms with Crippen LogP contribution in [0.2, 0.25) is 0 Å². The molecule has 0 unspecified atom stereocenters. The van der Waals surface area contributed by atoms with E-state index in [9.17, 15) is 0 Å². The van der Waals surface area contributed by atoms with Crippen LogP contribution in [0.4, 0.5) is 5.95 Å². The van der Waals surface area contributed by atoms with E-state index in [2.05, 4.69) is 54.3 Å². The first kappa shape index (κ1) is 10.0. The zero-order valence-corrected chi connectivity index (χ0v) is 9.68. The first-order chi connectivity index (χ1) is 7.02. The summed E-state index contributed by atoms with van der Waals surface area (Å²) in [5, 5.41) is 3.03. The Bertz CT molecular complexity index is 477. The van der Waals surface area contributed by atoms with E-state index in [1.807, 2.05) is 7.05 Å². The topological polar surface area (TPSA) is 40.7 Å². The number of anilines is 1. The number of hydrogen-bond donors (Lipinski definition) is 2. The number of imidazole rings is 1. The second kappa shape index (κ2) is 3.26. The minimum absolute atomic E-state index is 0.125. The van der Waals surface area contributed by atoms with Crippen molar-refractivity contribution in [2.45, 2.75) is 26.2 Å². The number of hydrogen-bond acceptors (Lipinski definition) is 2. The third-order valence-corrected chi connectivity index (χ3v) is 2.56. The van der Waals surface area contributed by atoms with Crippen LogP contribution in [0.5, 0.6) is 0 Å². The van der Waals surface area contributed by atoms with Crippen molar-refractivity contribution in [2.75, 3.05) is 12.4 Å². The molecular formula is C12H17N3. The molecule has 0 saturated heterocycles. The molecule has 0 fully saturated rings. The Kier molecular flexibility index (Phi) is 2.18. The monoisotopic (exact) mass is 203 g/mol. The second-order valence-electron chi connectivity index (χ2n) is 4.79. The summed E-state index contributed by atoms with van der Waals surface area (Å²) in [7, 11) is 1.87. The van der Waals surface area contributed by atoms with Crippen LogP contribution >= 0.6 is 0 Å². The number of benzene rings is 1. The molecule has 0 amide bonds. The molecule has 1 aromatic carbocycles. The number of rotatable bonds is 1. The molecule has 15 heavy (non-hydrogen) atoms. The number of H-pyrrole nitrogens is 1. The standard InChI is InChI=1S/C12H17N3/c1-12(2,3)8-6-5-7-9-10(8)15-11(13-4)14-9/h5-7H,1-4H3,(H2,13,14,15). The summed E-state index contributed by atoms with van der Waals surface area (Å²) < 4.78 is 0. The fourth-order valence-electron chi connectivity index (χ4n) is 1.76. The van der Waals surface area contributed by atoms with Crippen molar-refractivity contribution in [3.63, 3.8) is 0 Å². The maximum atomic E-state index is 4.53. The number of nitrogens with one attached hydrogen (secondary N) is 2. The molecule has 2 rings (SSSR count). The van der Waals surface area contributed by atoms with Crippen molar-refractivity contribution >= 4 is 17.0 Å². The van der Waals surface area contributed by atoms with Gasteiger partial charge in [-0.3, -0.25) is 0 Å². The number of para-hydroxylation sites is 1. The maximum absolute atomic E-state index is 4.53. The predicted molar refractivity (Wildman–Crippen MR) is 64.3 cm³/mol. The highest BCUT2D eigenvalue weighted by Gasteiger charge is 2.18. The molecule has 2 aromatic rings. The lowest BCUT2D eigenvalue weighted by atomic mass is 9.86. The summed E-state index contributed by atoms with van der Waals surface area (Å²) in [5.74, 6) is 0.821. The molecule has 0 aliphatic rings. The zero-order valence-electron chi connectivity index (χ0n) is 9.68. The third kappa shape index (κ3) is 1.69. The molecule has 80 valence electrons. The molecule has 0 spiro atoms. The van der Waals surface area contributed by atoms with Gasteiger partial charge in [0, 0.05) is 7.05 Å². The van der Waals surface area contributed by atoms with Crippen molar-refractivity contribution in [1.82, 2.24) is 9.97 Å². The first-order valence-corrected chi connectivity index (χ1v) is 5.19. The van der Waals surface area contributed by atoms with Gasteiger partial charge < -0.3 is 10.3 Å². The van der Waals surface area contributed by atoms with Gasteiger partial charge in [0.05, 0.1) is 11.0 Å². The van der Waals surface area contributed by atoms with Crippen LogP contribution in [-0.2, 0) is 5.41 Å². The third-order valence-electron chi connectivity index (χ3n) is 2.56. The lowest BCUT2D eigenvalue weighted by molar-refractivity contribution is 0.595. The van der Waals surface area contributed by atoms with E-state index in [0.717, 1.165) is 17.0 Å². The first-order valence-electron chi connectivity index (χ1n) is 5.19. The lowest BCUT2D eigenvalue weighted by Crippen LogP contribution is -2.11. The summed E-state index contributed by atoms with van der Waals surface area (Å²) in [6.07, 6.45) is 0. The van der Waals surface area contributed by atoms with Gasteiger partial charge in [0.2, 0.25) is 5.95 Å². The van der Waals surface area contributed by atoms with E-state index in [1.165, 1.54) is 5.56 Å². The molecule has 2 N–H and O–H groups in total. The van der Waals surface area contributed by atoms with Crippen LogP contribution < -0.4 is 5.32 Å². The quantitative estimate of drug-likeness (QED) is 0.748. The molecule has 0 atom stereocenters. The lowest BCUT2D eigenvalue weighted by Gasteiger charge is -2.18. The predicted octanol–water partition coefficient (Wildman–Crippen LogP) is 2.90. The van der Waals surface area contributed by atoms with Crippen molar-refractivity contribution in [2.24, 2.45) is 0 Å². The van der Waals surface area contributed by atoms with Gasteiger partial charge in [0.25, 0.3) is 0 Å². The molecule has 0 bridgehead atoms. The van der Waals surface area contributed by atoms with Crippen LogP contribution in [0.1, 0.15) is 26.3 Å². The molecule has 0 aliphatic heterocycles. The van der Waals surface area contributed by atoms with Crippen molar-refractivity contribution in [1.29, 1.82) is 0 Å². The highest BCUT2D eigenvalue weighted by molar-refractivity contribution is 5.81. The van der Waals surface area contributed by atoms with Crippen molar-refractivity contribution in [3.05, 3.63) is 23.8 Å². The van der Waals surface area contributed by atoms with E-state index in [0.29, 0.717) is 0 Å². The maximum Gasteiger partial charge on any atom is 0.200 e. The Balaban J connectivity index is 2.70. The van der Waals surface area contributed by atoms with Crippen LogP contribution in [0.25, 0.3) is 11.0 Å². The van der Waals surface area contributed by atoms with E-state index in [1.54, 1.807) is 0 Å². The Morgan fingerprint density at radius 2 is 2.00 bits per heavy atom. The fourth-order valence-corrected chi connectivity index (χ4v) is 1.76. The molecule has 1 aromatic heterocycles. The zero-order chi connectivity index (χ0) is 11.1. The van der Waals surface area contributed by atoms with Gasteiger partial charge in [-0.05, 0) is 17.0 Å². The Morgan fingerprint density at radius 1 is 1.27 bits per heavy atom. The van der Waals surface area contributed by atoms with Crippen LogP contribution in [0.3, 0.4) is 0 Å². The SMILES string of the molecule is CNc1nc2c(C(C)(C)C)cccc2[nH]1. The number of nitrogens with zero attached hydrogens (tertiary/aromatic N) is 1. The van der Waals surface area contributed by atoms with E-state index in [-0.39, 0.29) is 5.41 Å². The van der Waals surface area contributed by atoms with Gasteiger partial charge in [-0.1, -0.05) is 32.9 Å². The van der Waals surface area contributed by atoms with Gasteiger partial charge in [0.1, 0.15) is 0 Å². The van der Waals surface area contributed by atoms with Crippen molar-refractivity contribution in [3.8, 4) is 0 Å². The minimum Gasteiger partial charge on any atom is -0.359 e. The fraction of sp³-hybridized carbons (Fsp3) is 0.417. The minimum atomic E-state index is 0.125. The summed E-state index contributed by atoms with van der Waals surface area (Å²) in [4.78, 5) is 7.77. The summed E-state index contributed by atoms with van der Waals surface area (Å²) >= 11 is 0. The Morgan fingerprint density at radius 3 is 2.60 bits per heavy atom. The Hall–Kier alpha value is -1.51. The number of fused-ring (bicyclic) bond motifs is 1. The molecule has 0 radical (unpaired) electrons. The molecular weight excluding hydrogens is 186 g/mol. The van der Waals surface area contributed by atoms with Crippen LogP contribution in [0, 0.1) is 0 Å². The Labute approximate surface area is 89.9 Å². The highest BCUT2D eigenvalue weighted by Crippen LogP contribution is 2.29. The molecule has 3 nitrogen and oxygen atoms in total. The number of aromatic amines is 1. The molecule has 3 heteroatoms. The van der Waals surface area contributed by atoms with Gasteiger partial charge >= 0.3 is 0 Å². The van der Waals surface area contributed by atoms with Crippen LogP contribution in [-0.4, -0.2) is 17.0 Å². The highest BCUT2D eigenvalue weighted by atomic mass is 15.1. The molecule has 0 saturated carbocycles.